The Morgan fingerprint density at radius 2 is 1.83 bits per heavy atom. The van der Waals surface area contributed by atoms with E-state index in [-0.39, 0.29) is 0 Å². The van der Waals surface area contributed by atoms with Gasteiger partial charge in [0.25, 0.3) is 0 Å². The molecule has 0 spiro atoms. The molecule has 18 heavy (non-hydrogen) atoms. The Balaban J connectivity index is 2.40. The maximum absolute atomic E-state index is 12.2. The van der Waals surface area contributed by atoms with Crippen LogP contribution in [-0.2, 0) is 10.0 Å². The average molecular weight is 276 g/mol. The fourth-order valence-corrected chi connectivity index (χ4v) is 3.94. The van der Waals surface area contributed by atoms with E-state index < -0.39 is 10.0 Å². The highest BCUT2D eigenvalue weighted by atomic mass is 32.2. The summed E-state index contributed by atoms with van der Waals surface area (Å²) >= 11 is 0. The minimum Gasteiger partial charge on any atom is -0.320 e. The van der Waals surface area contributed by atoms with Crippen molar-refractivity contribution in [2.75, 3.05) is 32.4 Å². The molecule has 108 valence electrons. The molecule has 1 aliphatic rings. The molecule has 0 aromatic heterocycles. The second-order valence-electron chi connectivity index (χ2n) is 5.69. The second-order valence-corrected chi connectivity index (χ2v) is 7.78. The summed E-state index contributed by atoms with van der Waals surface area (Å²) in [5.74, 6) is 0.303. The van der Waals surface area contributed by atoms with Crippen LogP contribution in [0.4, 0.5) is 0 Å². The van der Waals surface area contributed by atoms with Gasteiger partial charge < -0.3 is 5.32 Å². The maximum atomic E-state index is 12.2. The molecule has 0 unspecified atom stereocenters. The van der Waals surface area contributed by atoms with Crippen molar-refractivity contribution in [3.63, 3.8) is 0 Å². The van der Waals surface area contributed by atoms with E-state index in [0.29, 0.717) is 24.3 Å². The number of unbranched alkanes of at least 4 members (excludes halogenated alkanes) is 1. The van der Waals surface area contributed by atoms with Crippen LogP contribution in [0.1, 0.15) is 46.0 Å². The van der Waals surface area contributed by atoms with E-state index in [1.165, 1.54) is 0 Å². The third-order valence-electron chi connectivity index (χ3n) is 4.26. The molecule has 1 fully saturated rings. The highest BCUT2D eigenvalue weighted by Gasteiger charge is 2.33. The van der Waals surface area contributed by atoms with Crippen molar-refractivity contribution in [1.29, 1.82) is 0 Å². The molecule has 1 N–H and O–H groups in total. The molecule has 0 bridgehead atoms. The van der Waals surface area contributed by atoms with Gasteiger partial charge in [0.15, 0.2) is 0 Å². The van der Waals surface area contributed by atoms with Crippen LogP contribution in [0, 0.1) is 5.41 Å². The van der Waals surface area contributed by atoms with Gasteiger partial charge in [-0.05, 0) is 44.7 Å². The van der Waals surface area contributed by atoms with Gasteiger partial charge in [-0.3, -0.25) is 0 Å². The lowest BCUT2D eigenvalue weighted by Crippen LogP contribution is -2.42. The van der Waals surface area contributed by atoms with Crippen LogP contribution in [0.2, 0.25) is 0 Å². The first-order valence-corrected chi connectivity index (χ1v) is 8.67. The standard InChI is InChI=1S/C13H28N2O2S/c1-4-13(2)7-10-15(11-8-13)18(16,17)12-6-5-9-14-3/h14H,4-12H2,1-3H3. The van der Waals surface area contributed by atoms with Gasteiger partial charge >= 0.3 is 0 Å². The first-order valence-electron chi connectivity index (χ1n) is 7.06. The van der Waals surface area contributed by atoms with Crippen molar-refractivity contribution >= 4 is 10.0 Å². The highest BCUT2D eigenvalue weighted by Crippen LogP contribution is 2.34. The molecule has 1 aliphatic heterocycles. The normalized spacial score (nSPS) is 21.1. The number of nitrogens with one attached hydrogen (secondary N) is 1. The third-order valence-corrected chi connectivity index (χ3v) is 6.21. The van der Waals surface area contributed by atoms with Gasteiger partial charge in [-0.1, -0.05) is 20.3 Å². The Bertz CT molecular complexity index is 333. The number of hydrogen-bond acceptors (Lipinski definition) is 3. The molecular formula is C13H28N2O2S. The molecule has 5 heteroatoms. The van der Waals surface area contributed by atoms with Gasteiger partial charge in [0, 0.05) is 13.1 Å². The molecular weight excluding hydrogens is 248 g/mol. The lowest BCUT2D eigenvalue weighted by molar-refractivity contribution is 0.169. The van der Waals surface area contributed by atoms with E-state index >= 15 is 0 Å². The van der Waals surface area contributed by atoms with E-state index in [1.807, 2.05) is 7.05 Å². The van der Waals surface area contributed by atoms with E-state index in [4.69, 9.17) is 0 Å². The molecule has 0 aliphatic carbocycles. The number of piperidine rings is 1. The molecule has 1 saturated heterocycles. The molecule has 1 heterocycles. The minimum absolute atomic E-state index is 0.303. The second kappa shape index (κ2) is 6.87. The highest BCUT2D eigenvalue weighted by molar-refractivity contribution is 7.89. The van der Waals surface area contributed by atoms with Gasteiger partial charge in [0.05, 0.1) is 5.75 Å². The average Bonchev–Trinajstić information content (AvgIpc) is 2.35. The Morgan fingerprint density at radius 3 is 2.33 bits per heavy atom. The summed E-state index contributed by atoms with van der Waals surface area (Å²) in [6, 6.07) is 0. The lowest BCUT2D eigenvalue weighted by Gasteiger charge is -2.38. The summed E-state index contributed by atoms with van der Waals surface area (Å²) in [5, 5.41) is 3.04. The first kappa shape index (κ1) is 15.9. The fraction of sp³-hybridized carbons (Fsp3) is 1.00. The Kier molecular flexibility index (Phi) is 6.08. The summed E-state index contributed by atoms with van der Waals surface area (Å²) in [6.07, 6.45) is 4.82. The number of sulfonamides is 1. The Labute approximate surface area is 112 Å². The Hall–Kier alpha value is -0.130. The Morgan fingerprint density at radius 1 is 1.22 bits per heavy atom. The predicted molar refractivity (Wildman–Crippen MR) is 76.2 cm³/mol. The summed E-state index contributed by atoms with van der Waals surface area (Å²) in [6.45, 7) is 6.77. The molecule has 0 atom stereocenters. The quantitative estimate of drug-likeness (QED) is 0.722. The van der Waals surface area contributed by atoms with E-state index in [0.717, 1.165) is 38.6 Å². The molecule has 0 amide bonds. The van der Waals surface area contributed by atoms with Crippen LogP contribution in [0.15, 0.2) is 0 Å². The van der Waals surface area contributed by atoms with Gasteiger partial charge in [0.2, 0.25) is 10.0 Å². The van der Waals surface area contributed by atoms with Gasteiger partial charge in [-0.25, -0.2) is 12.7 Å². The molecule has 4 nitrogen and oxygen atoms in total. The zero-order valence-corrected chi connectivity index (χ0v) is 12.9. The van der Waals surface area contributed by atoms with Crippen LogP contribution in [0.25, 0.3) is 0 Å². The van der Waals surface area contributed by atoms with E-state index in [1.54, 1.807) is 4.31 Å². The van der Waals surface area contributed by atoms with Crippen LogP contribution >= 0.6 is 0 Å². The smallest absolute Gasteiger partial charge is 0.214 e. The van der Waals surface area contributed by atoms with Crippen molar-refractivity contribution < 1.29 is 8.42 Å². The maximum Gasteiger partial charge on any atom is 0.214 e. The largest absolute Gasteiger partial charge is 0.320 e. The minimum atomic E-state index is -3.02. The lowest BCUT2D eigenvalue weighted by atomic mass is 9.79. The summed E-state index contributed by atoms with van der Waals surface area (Å²) in [7, 11) is -1.12. The number of rotatable bonds is 7. The molecule has 0 radical (unpaired) electrons. The van der Waals surface area contributed by atoms with E-state index in [9.17, 15) is 8.42 Å². The van der Waals surface area contributed by atoms with Crippen LogP contribution < -0.4 is 5.32 Å². The predicted octanol–water partition coefficient (Wildman–Crippen LogP) is 1.83. The first-order chi connectivity index (χ1) is 8.43. The molecule has 0 aromatic rings. The number of hydrogen-bond donors (Lipinski definition) is 1. The topological polar surface area (TPSA) is 49.4 Å². The van der Waals surface area contributed by atoms with Crippen molar-refractivity contribution in [1.82, 2.24) is 9.62 Å². The molecule has 0 aromatic carbocycles. The van der Waals surface area contributed by atoms with E-state index in [2.05, 4.69) is 19.2 Å². The number of nitrogens with zero attached hydrogens (tertiary/aromatic N) is 1. The van der Waals surface area contributed by atoms with Crippen LogP contribution in [0.3, 0.4) is 0 Å². The summed E-state index contributed by atoms with van der Waals surface area (Å²) in [5.41, 5.74) is 0.345. The van der Waals surface area contributed by atoms with Gasteiger partial charge in [-0.2, -0.15) is 0 Å². The molecule has 0 saturated carbocycles. The van der Waals surface area contributed by atoms with Crippen molar-refractivity contribution in [2.45, 2.75) is 46.0 Å². The SMILES string of the molecule is CCC1(C)CCN(S(=O)(=O)CCCCNC)CC1. The third kappa shape index (κ3) is 4.52. The van der Waals surface area contributed by atoms with Gasteiger partial charge in [0.1, 0.15) is 0 Å². The summed E-state index contributed by atoms with van der Waals surface area (Å²) in [4.78, 5) is 0. The van der Waals surface area contributed by atoms with Crippen molar-refractivity contribution in [2.24, 2.45) is 5.41 Å². The van der Waals surface area contributed by atoms with Crippen LogP contribution in [-0.4, -0.2) is 45.2 Å². The van der Waals surface area contributed by atoms with Gasteiger partial charge in [-0.15, -0.1) is 0 Å². The zero-order chi connectivity index (χ0) is 13.6. The van der Waals surface area contributed by atoms with Crippen LogP contribution in [0.5, 0.6) is 0 Å². The summed E-state index contributed by atoms with van der Waals surface area (Å²) < 4.78 is 26.0. The fourth-order valence-electron chi connectivity index (χ4n) is 2.37. The van der Waals surface area contributed by atoms with Crippen molar-refractivity contribution in [3.8, 4) is 0 Å². The monoisotopic (exact) mass is 276 g/mol. The zero-order valence-electron chi connectivity index (χ0n) is 12.0. The molecule has 1 rings (SSSR count). The van der Waals surface area contributed by atoms with Crippen molar-refractivity contribution in [3.05, 3.63) is 0 Å².